The number of hydrogen-bond donors (Lipinski definition) is 0. The van der Waals surface area contributed by atoms with E-state index in [4.69, 9.17) is 0 Å². The van der Waals surface area contributed by atoms with Gasteiger partial charge in [0.25, 0.3) is 0 Å². The summed E-state index contributed by atoms with van der Waals surface area (Å²) in [5.41, 5.74) is 0. The molecule has 0 saturated carbocycles. The standard InChI is InChI=1S/C8H4N2OS/c11-5-9-8-6-3-1-2-4-7(6)12-10-8/h1-4H. The number of isocyanates is 1. The van der Waals surface area contributed by atoms with E-state index in [-0.39, 0.29) is 0 Å². The molecular formula is C8H4N2OS. The number of rotatable bonds is 1. The average molecular weight is 176 g/mol. The van der Waals surface area contributed by atoms with Crippen LogP contribution >= 0.6 is 11.5 Å². The molecule has 1 aromatic carbocycles. The first-order valence-electron chi connectivity index (χ1n) is 3.34. The molecule has 0 aliphatic carbocycles. The van der Waals surface area contributed by atoms with E-state index < -0.39 is 0 Å². The topological polar surface area (TPSA) is 42.3 Å². The molecule has 12 heavy (non-hydrogen) atoms. The van der Waals surface area contributed by atoms with Crippen molar-refractivity contribution in [1.82, 2.24) is 4.37 Å². The number of nitrogens with zero attached hydrogens (tertiary/aromatic N) is 2. The van der Waals surface area contributed by atoms with Crippen LogP contribution in [0.5, 0.6) is 0 Å². The van der Waals surface area contributed by atoms with Crippen LogP contribution < -0.4 is 0 Å². The van der Waals surface area contributed by atoms with E-state index in [1.807, 2.05) is 24.3 Å². The molecule has 0 saturated heterocycles. The lowest BCUT2D eigenvalue weighted by Crippen LogP contribution is -1.62. The van der Waals surface area contributed by atoms with Crippen molar-refractivity contribution < 1.29 is 4.79 Å². The molecule has 2 rings (SSSR count). The molecule has 0 aliphatic rings. The summed E-state index contributed by atoms with van der Waals surface area (Å²) in [6.45, 7) is 0. The second kappa shape index (κ2) is 2.85. The first-order chi connectivity index (χ1) is 5.92. The lowest BCUT2D eigenvalue weighted by molar-refractivity contribution is 0.565. The second-order valence-electron chi connectivity index (χ2n) is 2.21. The zero-order valence-corrected chi connectivity index (χ0v) is 6.84. The van der Waals surface area contributed by atoms with Crippen LogP contribution in [-0.2, 0) is 4.79 Å². The smallest absolute Gasteiger partial charge is 0.211 e. The summed E-state index contributed by atoms with van der Waals surface area (Å²) in [4.78, 5) is 13.5. The third-order valence-corrected chi connectivity index (χ3v) is 2.33. The highest BCUT2D eigenvalue weighted by molar-refractivity contribution is 7.13. The predicted molar refractivity (Wildman–Crippen MR) is 47.4 cm³/mol. The molecule has 0 radical (unpaired) electrons. The molecule has 2 aromatic rings. The second-order valence-corrected chi connectivity index (χ2v) is 3.01. The number of carbonyl (C=O) groups excluding carboxylic acids is 1. The third kappa shape index (κ3) is 1.03. The van der Waals surface area contributed by atoms with Crippen LogP contribution in [0.15, 0.2) is 29.3 Å². The summed E-state index contributed by atoms with van der Waals surface area (Å²) < 4.78 is 5.03. The van der Waals surface area contributed by atoms with E-state index in [0.717, 1.165) is 10.1 Å². The van der Waals surface area contributed by atoms with Gasteiger partial charge in [-0.3, -0.25) is 0 Å². The van der Waals surface area contributed by atoms with Crippen molar-refractivity contribution in [3.05, 3.63) is 24.3 Å². The normalized spacial score (nSPS) is 9.67. The van der Waals surface area contributed by atoms with Crippen LogP contribution in [0.1, 0.15) is 0 Å². The van der Waals surface area contributed by atoms with Crippen LogP contribution in [-0.4, -0.2) is 10.5 Å². The summed E-state index contributed by atoms with van der Waals surface area (Å²) in [6, 6.07) is 7.64. The van der Waals surface area contributed by atoms with Gasteiger partial charge in [-0.05, 0) is 23.7 Å². The quantitative estimate of drug-likeness (QED) is 0.494. The number of aliphatic imine (C=N–C) groups is 1. The fraction of sp³-hybridized carbons (Fsp3) is 0. The van der Waals surface area contributed by atoms with Crippen molar-refractivity contribution in [3.8, 4) is 0 Å². The van der Waals surface area contributed by atoms with Gasteiger partial charge in [-0.25, -0.2) is 4.79 Å². The Kier molecular flexibility index (Phi) is 1.70. The van der Waals surface area contributed by atoms with Crippen molar-refractivity contribution in [1.29, 1.82) is 0 Å². The average Bonchev–Trinajstić information content (AvgIpc) is 2.50. The van der Waals surface area contributed by atoms with Gasteiger partial charge in [0.05, 0.1) is 4.70 Å². The molecule has 0 N–H and O–H groups in total. The molecule has 0 bridgehead atoms. The monoisotopic (exact) mass is 176 g/mol. The lowest BCUT2D eigenvalue weighted by Gasteiger charge is -1.84. The number of hydrogen-bond acceptors (Lipinski definition) is 4. The summed E-state index contributed by atoms with van der Waals surface area (Å²) in [5.74, 6) is 0.464. The Morgan fingerprint density at radius 1 is 1.42 bits per heavy atom. The van der Waals surface area contributed by atoms with Crippen molar-refractivity contribution in [2.45, 2.75) is 0 Å². The van der Waals surface area contributed by atoms with E-state index in [1.165, 1.54) is 17.6 Å². The Morgan fingerprint density at radius 3 is 3.08 bits per heavy atom. The van der Waals surface area contributed by atoms with Crippen molar-refractivity contribution in [2.24, 2.45) is 4.99 Å². The molecule has 0 fully saturated rings. The molecule has 0 atom stereocenters. The molecule has 58 valence electrons. The highest BCUT2D eigenvalue weighted by Gasteiger charge is 2.02. The fourth-order valence-electron chi connectivity index (χ4n) is 0.996. The molecular weight excluding hydrogens is 172 g/mol. The van der Waals surface area contributed by atoms with Crippen molar-refractivity contribution in [2.75, 3.05) is 0 Å². The van der Waals surface area contributed by atoms with Crippen LogP contribution in [0.3, 0.4) is 0 Å². The van der Waals surface area contributed by atoms with Gasteiger partial charge in [-0.2, -0.15) is 4.37 Å². The zero-order chi connectivity index (χ0) is 8.39. The van der Waals surface area contributed by atoms with Crippen molar-refractivity contribution in [3.63, 3.8) is 0 Å². The SMILES string of the molecule is O=C=Nc1nsc2ccccc12. The van der Waals surface area contributed by atoms with Gasteiger partial charge in [-0.1, -0.05) is 12.1 Å². The van der Waals surface area contributed by atoms with Gasteiger partial charge in [0.1, 0.15) is 0 Å². The molecule has 0 spiro atoms. The van der Waals surface area contributed by atoms with Crippen LogP contribution in [0.25, 0.3) is 10.1 Å². The summed E-state index contributed by atoms with van der Waals surface area (Å²) in [5, 5.41) is 0.908. The van der Waals surface area contributed by atoms with E-state index in [2.05, 4.69) is 9.37 Å². The van der Waals surface area contributed by atoms with E-state index in [0.29, 0.717) is 5.82 Å². The lowest BCUT2D eigenvalue weighted by atomic mass is 10.3. The first-order valence-corrected chi connectivity index (χ1v) is 4.11. The van der Waals surface area contributed by atoms with Crippen LogP contribution in [0.2, 0.25) is 0 Å². The van der Waals surface area contributed by atoms with Gasteiger partial charge < -0.3 is 0 Å². The Balaban J connectivity index is 2.78. The Bertz CT molecular complexity index is 457. The van der Waals surface area contributed by atoms with Gasteiger partial charge in [0, 0.05) is 5.39 Å². The molecule has 0 amide bonds. The minimum atomic E-state index is 0.464. The Hall–Kier alpha value is -1.51. The third-order valence-electron chi connectivity index (χ3n) is 1.51. The van der Waals surface area contributed by atoms with E-state index in [1.54, 1.807) is 0 Å². The summed E-state index contributed by atoms with van der Waals surface area (Å²) in [7, 11) is 0. The van der Waals surface area contributed by atoms with E-state index in [9.17, 15) is 4.79 Å². The van der Waals surface area contributed by atoms with Gasteiger partial charge >= 0.3 is 0 Å². The molecule has 0 aliphatic heterocycles. The highest BCUT2D eigenvalue weighted by atomic mass is 32.1. The van der Waals surface area contributed by atoms with Crippen LogP contribution in [0.4, 0.5) is 5.82 Å². The van der Waals surface area contributed by atoms with Gasteiger partial charge in [0.2, 0.25) is 6.08 Å². The van der Waals surface area contributed by atoms with Gasteiger partial charge in [0.15, 0.2) is 5.82 Å². The maximum atomic E-state index is 9.99. The number of benzene rings is 1. The van der Waals surface area contributed by atoms with Crippen molar-refractivity contribution >= 4 is 33.5 Å². The Labute approximate surface area is 72.5 Å². The highest BCUT2D eigenvalue weighted by Crippen LogP contribution is 2.27. The number of fused-ring (bicyclic) bond motifs is 1. The fourth-order valence-corrected chi connectivity index (χ4v) is 1.72. The maximum Gasteiger partial charge on any atom is 0.242 e. The van der Waals surface area contributed by atoms with E-state index >= 15 is 0 Å². The predicted octanol–water partition coefficient (Wildman–Crippen LogP) is 2.26. The Morgan fingerprint density at radius 2 is 2.25 bits per heavy atom. The number of aromatic nitrogens is 1. The largest absolute Gasteiger partial charge is 0.242 e. The summed E-state index contributed by atoms with van der Waals surface area (Å²) >= 11 is 1.33. The summed E-state index contributed by atoms with van der Waals surface area (Å²) in [6.07, 6.45) is 1.48. The maximum absolute atomic E-state index is 9.99. The minimum Gasteiger partial charge on any atom is -0.211 e. The first kappa shape index (κ1) is 7.16. The molecule has 1 aromatic heterocycles. The molecule has 3 nitrogen and oxygen atoms in total. The molecule has 4 heteroatoms. The zero-order valence-electron chi connectivity index (χ0n) is 6.02. The van der Waals surface area contributed by atoms with Gasteiger partial charge in [-0.15, -0.1) is 4.99 Å². The molecule has 0 unspecified atom stereocenters. The van der Waals surface area contributed by atoms with Crippen LogP contribution in [0, 0.1) is 0 Å². The molecule has 1 heterocycles. The minimum absolute atomic E-state index is 0.464.